The van der Waals surface area contributed by atoms with Crippen molar-refractivity contribution in [2.45, 2.75) is 6.10 Å². The topological polar surface area (TPSA) is 23.5 Å². The molecule has 0 aromatic carbocycles. The summed E-state index contributed by atoms with van der Waals surface area (Å²) in [6.07, 6.45) is -0.822. The molecule has 2 nitrogen and oxygen atoms in total. The Morgan fingerprint density at radius 3 is 2.50 bits per heavy atom. The van der Waals surface area contributed by atoms with E-state index in [9.17, 15) is 4.39 Å². The highest BCUT2D eigenvalue weighted by Gasteiger charge is 2.03. The molecule has 0 aliphatic rings. The fourth-order valence-corrected chi connectivity index (χ4v) is 0.794. The van der Waals surface area contributed by atoms with Gasteiger partial charge in [-0.1, -0.05) is 0 Å². The fraction of sp³-hybridized carbons (Fsp3) is 1.00. The molecule has 0 spiro atoms. The molecule has 0 bridgehead atoms. The highest BCUT2D eigenvalue weighted by Crippen LogP contribution is 1.95. The smallest absolute Gasteiger partial charge is 0.117 e. The summed E-state index contributed by atoms with van der Waals surface area (Å²) in [6, 6.07) is 0. The molecule has 4 heteroatoms. The Labute approximate surface area is 62.2 Å². The van der Waals surface area contributed by atoms with Crippen molar-refractivity contribution in [2.75, 3.05) is 20.3 Å². The first kappa shape index (κ1) is 8.58. The number of rotatable bonds is 3. The number of likely N-dealkylation sites (N-methyl/N-ethyl adjacent to an activating group) is 1. The van der Waals surface area contributed by atoms with Crippen LogP contribution in [0, 0.1) is 0 Å². The number of nitrogens with zero attached hydrogens (tertiary/aromatic N) is 1. The van der Waals surface area contributed by atoms with Gasteiger partial charge in [-0.3, -0.25) is 0 Å². The van der Waals surface area contributed by atoms with Crippen molar-refractivity contribution in [3.63, 3.8) is 0 Å². The number of alkyl halides is 1. The zero-order chi connectivity index (χ0) is 6.57. The van der Waals surface area contributed by atoms with Crippen LogP contribution in [0.5, 0.6) is 0 Å². The first-order chi connectivity index (χ1) is 3.66. The third-order valence-corrected chi connectivity index (χ3v) is 1.03. The van der Waals surface area contributed by atoms with Crippen LogP contribution in [0.3, 0.4) is 0 Å². The summed E-state index contributed by atoms with van der Waals surface area (Å²) in [6.45, 7) is -0.273. The second-order valence-electron chi connectivity index (χ2n) is 1.60. The minimum absolute atomic E-state index is 0.386. The lowest BCUT2D eigenvalue weighted by Crippen LogP contribution is -2.23. The van der Waals surface area contributed by atoms with E-state index in [2.05, 4.69) is 0 Å². The van der Waals surface area contributed by atoms with Crippen molar-refractivity contribution in [1.29, 1.82) is 0 Å². The Kier molecular flexibility index (Phi) is 4.78. The van der Waals surface area contributed by atoms with E-state index in [1.165, 1.54) is 0 Å². The van der Waals surface area contributed by atoms with E-state index in [1.807, 2.05) is 22.9 Å². The summed E-state index contributed by atoms with van der Waals surface area (Å²) in [5.74, 6) is 0. The van der Waals surface area contributed by atoms with Crippen molar-refractivity contribution in [3.8, 4) is 0 Å². The van der Waals surface area contributed by atoms with E-state index < -0.39 is 12.8 Å². The third-order valence-electron chi connectivity index (χ3n) is 0.640. The molecule has 0 aliphatic heterocycles. The molecule has 0 aliphatic carbocycles. The van der Waals surface area contributed by atoms with Crippen LogP contribution in [0.2, 0.25) is 0 Å². The van der Waals surface area contributed by atoms with E-state index in [4.69, 9.17) is 5.11 Å². The van der Waals surface area contributed by atoms with Gasteiger partial charge in [0.15, 0.2) is 0 Å². The van der Waals surface area contributed by atoms with Gasteiger partial charge in [-0.15, -0.1) is 0 Å². The predicted molar refractivity (Wildman–Crippen MR) is 38.6 cm³/mol. The molecule has 8 heavy (non-hydrogen) atoms. The Bertz CT molecular complexity index is 62.0. The molecule has 0 amide bonds. The number of aliphatic hydroxyl groups is 1. The summed E-state index contributed by atoms with van der Waals surface area (Å²) in [4.78, 5) is 0. The van der Waals surface area contributed by atoms with Gasteiger partial charge in [-0.05, 0) is 7.05 Å². The Morgan fingerprint density at radius 1 is 1.88 bits per heavy atom. The maximum atomic E-state index is 11.5. The van der Waals surface area contributed by atoms with Crippen molar-refractivity contribution in [3.05, 3.63) is 0 Å². The van der Waals surface area contributed by atoms with Crippen LogP contribution >= 0.6 is 22.9 Å². The standard InChI is InChI=1S/C4H9FINO/c1-7(6)3-4(8)2-5/h4,8H,2-3H2,1H3. The SMILES string of the molecule is CN(I)CC(O)CF. The van der Waals surface area contributed by atoms with Crippen LogP contribution in [-0.2, 0) is 0 Å². The van der Waals surface area contributed by atoms with Gasteiger partial charge in [0, 0.05) is 29.4 Å². The summed E-state index contributed by atoms with van der Waals surface area (Å²) >= 11 is 1.99. The van der Waals surface area contributed by atoms with Gasteiger partial charge < -0.3 is 5.11 Å². The third kappa shape index (κ3) is 4.73. The molecule has 0 aromatic heterocycles. The lowest BCUT2D eigenvalue weighted by atomic mass is 10.4. The van der Waals surface area contributed by atoms with Crippen LogP contribution in [-0.4, -0.2) is 34.6 Å². The van der Waals surface area contributed by atoms with E-state index in [0.717, 1.165) is 0 Å². The molecule has 1 atom stereocenters. The monoisotopic (exact) mass is 233 g/mol. The molecule has 0 fully saturated rings. The fourth-order valence-electron chi connectivity index (χ4n) is 0.339. The molecular formula is C4H9FINO. The molecule has 1 N–H and O–H groups in total. The Hall–Kier alpha value is 0.580. The molecule has 50 valence electrons. The Balaban J connectivity index is 3.10. The summed E-state index contributed by atoms with van der Waals surface area (Å²) in [5, 5.41) is 8.61. The first-order valence-corrected chi connectivity index (χ1v) is 3.24. The molecule has 0 rings (SSSR count). The number of hydrogen-bond acceptors (Lipinski definition) is 2. The highest BCUT2D eigenvalue weighted by atomic mass is 127. The quantitative estimate of drug-likeness (QED) is 0.569. The molecule has 1 unspecified atom stereocenters. The zero-order valence-corrected chi connectivity index (χ0v) is 6.80. The van der Waals surface area contributed by atoms with Gasteiger partial charge in [0.2, 0.25) is 0 Å². The molecule has 0 aromatic rings. The van der Waals surface area contributed by atoms with Crippen LogP contribution in [0.1, 0.15) is 0 Å². The molecule has 0 saturated carbocycles. The maximum absolute atomic E-state index is 11.5. The predicted octanol–water partition coefficient (Wildman–Crippen LogP) is 0.599. The summed E-state index contributed by atoms with van der Waals surface area (Å²) in [7, 11) is 1.78. The minimum atomic E-state index is -0.822. The number of halogens is 2. The highest BCUT2D eigenvalue weighted by molar-refractivity contribution is 14.1. The minimum Gasteiger partial charge on any atom is -0.389 e. The largest absolute Gasteiger partial charge is 0.389 e. The molecule has 0 saturated heterocycles. The zero-order valence-electron chi connectivity index (χ0n) is 4.64. The molecule has 0 radical (unpaired) electrons. The first-order valence-electron chi connectivity index (χ1n) is 2.27. The van der Waals surface area contributed by atoms with Gasteiger partial charge in [-0.25, -0.2) is 7.50 Å². The Morgan fingerprint density at radius 2 is 2.38 bits per heavy atom. The van der Waals surface area contributed by atoms with Gasteiger partial charge in [0.25, 0.3) is 0 Å². The van der Waals surface area contributed by atoms with E-state index in [0.29, 0.717) is 6.54 Å². The van der Waals surface area contributed by atoms with Crippen LogP contribution in [0.15, 0.2) is 0 Å². The van der Waals surface area contributed by atoms with Crippen LogP contribution in [0.4, 0.5) is 4.39 Å². The van der Waals surface area contributed by atoms with Crippen LogP contribution < -0.4 is 0 Å². The van der Waals surface area contributed by atoms with E-state index in [-0.39, 0.29) is 0 Å². The maximum Gasteiger partial charge on any atom is 0.117 e. The van der Waals surface area contributed by atoms with Gasteiger partial charge in [-0.2, -0.15) is 0 Å². The van der Waals surface area contributed by atoms with Gasteiger partial charge >= 0.3 is 0 Å². The summed E-state index contributed by atoms with van der Waals surface area (Å²) in [5.41, 5.74) is 0. The van der Waals surface area contributed by atoms with Crippen molar-refractivity contribution >= 4 is 22.9 Å². The average Bonchev–Trinajstić information content (AvgIpc) is 1.65. The lowest BCUT2D eigenvalue weighted by molar-refractivity contribution is 0.128. The van der Waals surface area contributed by atoms with Gasteiger partial charge in [0.05, 0.1) is 6.10 Å². The number of aliphatic hydroxyl groups excluding tert-OH is 1. The van der Waals surface area contributed by atoms with Crippen molar-refractivity contribution in [2.24, 2.45) is 0 Å². The normalized spacial score (nSPS) is 14.6. The van der Waals surface area contributed by atoms with E-state index in [1.54, 1.807) is 10.2 Å². The van der Waals surface area contributed by atoms with Crippen LogP contribution in [0.25, 0.3) is 0 Å². The van der Waals surface area contributed by atoms with Crippen molar-refractivity contribution < 1.29 is 9.50 Å². The average molecular weight is 233 g/mol. The molecular weight excluding hydrogens is 224 g/mol. The van der Waals surface area contributed by atoms with Crippen molar-refractivity contribution in [1.82, 2.24) is 3.11 Å². The second kappa shape index (κ2) is 4.46. The summed E-state index contributed by atoms with van der Waals surface area (Å²) < 4.78 is 13.2. The van der Waals surface area contributed by atoms with Gasteiger partial charge in [0.1, 0.15) is 6.67 Å². The number of hydrogen-bond donors (Lipinski definition) is 1. The van der Waals surface area contributed by atoms with E-state index >= 15 is 0 Å². The lowest BCUT2D eigenvalue weighted by Gasteiger charge is -2.09. The second-order valence-corrected chi connectivity index (χ2v) is 3.24. The molecule has 0 heterocycles.